The van der Waals surface area contributed by atoms with Gasteiger partial charge >= 0.3 is 5.97 Å². The standard InChI is InChI=1S/C18H18O4S/c1-2-22-18(19)16(13-15-9-5-3-6-10-15)14-23(20,21)17-11-7-4-8-12-17/h3-13H,2,14H2,1H3/b16-13-. The minimum atomic E-state index is -3.61. The van der Waals surface area contributed by atoms with Crippen LogP contribution in [0, 0.1) is 0 Å². The summed E-state index contributed by atoms with van der Waals surface area (Å²) in [4.78, 5) is 12.3. The fraction of sp³-hybridized carbons (Fsp3) is 0.167. The first-order valence-electron chi connectivity index (χ1n) is 7.23. The molecule has 0 aliphatic rings. The van der Waals surface area contributed by atoms with E-state index in [0.29, 0.717) is 0 Å². The van der Waals surface area contributed by atoms with Crippen LogP contribution in [0.4, 0.5) is 0 Å². The quantitative estimate of drug-likeness (QED) is 0.603. The molecule has 0 atom stereocenters. The molecule has 0 saturated carbocycles. The lowest BCUT2D eigenvalue weighted by atomic mass is 10.1. The number of hydrogen-bond acceptors (Lipinski definition) is 4. The third-order valence-corrected chi connectivity index (χ3v) is 4.81. The lowest BCUT2D eigenvalue weighted by molar-refractivity contribution is -0.138. The Bertz CT molecular complexity index is 778. The fourth-order valence-corrected chi connectivity index (χ4v) is 3.40. The van der Waals surface area contributed by atoms with E-state index in [0.717, 1.165) is 5.56 Å². The second kappa shape index (κ2) is 7.74. The summed E-state index contributed by atoms with van der Waals surface area (Å²) >= 11 is 0. The van der Waals surface area contributed by atoms with Crippen LogP contribution in [-0.2, 0) is 19.4 Å². The SMILES string of the molecule is CCOC(=O)/C(=C\c1ccccc1)CS(=O)(=O)c1ccccc1. The van der Waals surface area contributed by atoms with Gasteiger partial charge in [0.1, 0.15) is 0 Å². The van der Waals surface area contributed by atoms with Crippen LogP contribution in [0.2, 0.25) is 0 Å². The summed E-state index contributed by atoms with van der Waals surface area (Å²) < 4.78 is 30.0. The predicted octanol–water partition coefficient (Wildman–Crippen LogP) is 3.11. The minimum absolute atomic E-state index is 0.113. The Morgan fingerprint density at radius 3 is 2.13 bits per heavy atom. The van der Waals surface area contributed by atoms with E-state index in [2.05, 4.69) is 0 Å². The molecule has 5 heteroatoms. The Morgan fingerprint density at radius 2 is 1.57 bits per heavy atom. The molecule has 0 radical (unpaired) electrons. The smallest absolute Gasteiger partial charge is 0.335 e. The van der Waals surface area contributed by atoms with Crippen molar-refractivity contribution in [1.82, 2.24) is 0 Å². The van der Waals surface area contributed by atoms with Gasteiger partial charge in [0.05, 0.1) is 22.8 Å². The summed E-state index contributed by atoms with van der Waals surface area (Å²) in [6.07, 6.45) is 1.55. The maximum atomic E-state index is 12.5. The zero-order valence-corrected chi connectivity index (χ0v) is 13.6. The van der Waals surface area contributed by atoms with Gasteiger partial charge in [-0.2, -0.15) is 0 Å². The summed E-state index contributed by atoms with van der Waals surface area (Å²) in [5, 5.41) is 0. The molecule has 0 unspecified atom stereocenters. The van der Waals surface area contributed by atoms with Crippen molar-refractivity contribution in [3.05, 3.63) is 71.8 Å². The van der Waals surface area contributed by atoms with Crippen LogP contribution < -0.4 is 0 Å². The second-order valence-corrected chi connectivity index (χ2v) is 6.86. The number of ether oxygens (including phenoxy) is 1. The number of benzene rings is 2. The molecule has 2 rings (SSSR count). The summed E-state index contributed by atoms with van der Waals surface area (Å²) in [7, 11) is -3.61. The first kappa shape index (κ1) is 17.0. The summed E-state index contributed by atoms with van der Waals surface area (Å²) in [5.41, 5.74) is 0.862. The van der Waals surface area contributed by atoms with E-state index in [1.807, 2.05) is 18.2 Å². The molecule has 0 heterocycles. The molecule has 0 amide bonds. The lowest BCUT2D eigenvalue weighted by Crippen LogP contribution is -2.17. The number of esters is 1. The largest absolute Gasteiger partial charge is 0.463 e. The lowest BCUT2D eigenvalue weighted by Gasteiger charge is -2.09. The zero-order chi connectivity index (χ0) is 16.7. The summed E-state index contributed by atoms with van der Waals surface area (Å²) in [5.74, 6) is -1.01. The molecule has 120 valence electrons. The van der Waals surface area contributed by atoms with E-state index in [1.165, 1.54) is 12.1 Å². The predicted molar refractivity (Wildman–Crippen MR) is 89.5 cm³/mol. The van der Waals surface area contributed by atoms with E-state index >= 15 is 0 Å². The number of carbonyl (C=O) groups excluding carboxylic acids is 1. The topological polar surface area (TPSA) is 60.4 Å². The van der Waals surface area contributed by atoms with Crippen molar-refractivity contribution in [2.75, 3.05) is 12.4 Å². The maximum Gasteiger partial charge on any atom is 0.335 e. The highest BCUT2D eigenvalue weighted by Gasteiger charge is 2.21. The van der Waals surface area contributed by atoms with Gasteiger partial charge in [-0.3, -0.25) is 0 Å². The Balaban J connectivity index is 2.35. The Kier molecular flexibility index (Phi) is 5.71. The maximum absolute atomic E-state index is 12.5. The van der Waals surface area contributed by atoms with Gasteiger partial charge in [0.25, 0.3) is 0 Å². The molecule has 0 bridgehead atoms. The van der Waals surface area contributed by atoms with Crippen LogP contribution in [-0.4, -0.2) is 26.7 Å². The van der Waals surface area contributed by atoms with Crippen LogP contribution >= 0.6 is 0 Å². The molecule has 0 aromatic heterocycles. The van der Waals surface area contributed by atoms with Crippen LogP contribution in [0.3, 0.4) is 0 Å². The zero-order valence-electron chi connectivity index (χ0n) is 12.8. The summed E-state index contributed by atoms with van der Waals surface area (Å²) in [6.45, 7) is 1.88. The molecule has 4 nitrogen and oxygen atoms in total. The molecular weight excluding hydrogens is 312 g/mol. The van der Waals surface area contributed by atoms with Crippen molar-refractivity contribution in [2.45, 2.75) is 11.8 Å². The Morgan fingerprint density at radius 1 is 1.00 bits per heavy atom. The van der Waals surface area contributed by atoms with Crippen molar-refractivity contribution in [3.8, 4) is 0 Å². The first-order chi connectivity index (χ1) is 11.0. The average Bonchev–Trinajstić information content (AvgIpc) is 2.56. The van der Waals surface area contributed by atoms with Gasteiger partial charge in [-0.05, 0) is 30.7 Å². The van der Waals surface area contributed by atoms with Gasteiger partial charge in [-0.15, -0.1) is 0 Å². The third kappa shape index (κ3) is 4.79. The van der Waals surface area contributed by atoms with Crippen molar-refractivity contribution in [2.24, 2.45) is 0 Å². The number of hydrogen-bond donors (Lipinski definition) is 0. The monoisotopic (exact) mass is 330 g/mol. The molecule has 0 aliphatic carbocycles. The van der Waals surface area contributed by atoms with Crippen LogP contribution in [0.1, 0.15) is 12.5 Å². The first-order valence-corrected chi connectivity index (χ1v) is 8.88. The van der Waals surface area contributed by atoms with E-state index in [9.17, 15) is 13.2 Å². The van der Waals surface area contributed by atoms with Gasteiger partial charge in [-0.1, -0.05) is 48.5 Å². The van der Waals surface area contributed by atoms with Crippen molar-refractivity contribution in [1.29, 1.82) is 0 Å². The highest BCUT2D eigenvalue weighted by molar-refractivity contribution is 7.91. The fourth-order valence-electron chi connectivity index (χ4n) is 2.05. The van der Waals surface area contributed by atoms with Gasteiger partial charge in [-0.25, -0.2) is 13.2 Å². The molecule has 0 N–H and O–H groups in total. The molecule has 2 aromatic rings. The van der Waals surface area contributed by atoms with Gasteiger partial charge in [0.15, 0.2) is 9.84 Å². The Hall–Kier alpha value is -2.40. The van der Waals surface area contributed by atoms with Crippen molar-refractivity contribution >= 4 is 21.9 Å². The summed E-state index contributed by atoms with van der Waals surface area (Å²) in [6, 6.07) is 17.2. The van der Waals surface area contributed by atoms with E-state index in [4.69, 9.17) is 4.74 Å². The van der Waals surface area contributed by atoms with E-state index in [-0.39, 0.29) is 17.1 Å². The molecule has 2 aromatic carbocycles. The van der Waals surface area contributed by atoms with Crippen LogP contribution in [0.5, 0.6) is 0 Å². The Labute approximate surface area is 136 Å². The molecule has 0 saturated heterocycles. The van der Waals surface area contributed by atoms with Gasteiger partial charge in [0, 0.05) is 0 Å². The van der Waals surface area contributed by atoms with E-state index in [1.54, 1.807) is 43.3 Å². The van der Waals surface area contributed by atoms with Crippen molar-refractivity contribution in [3.63, 3.8) is 0 Å². The number of carbonyl (C=O) groups is 1. The van der Waals surface area contributed by atoms with Crippen LogP contribution in [0.15, 0.2) is 71.1 Å². The van der Waals surface area contributed by atoms with Gasteiger partial charge < -0.3 is 4.74 Å². The molecule has 0 spiro atoms. The van der Waals surface area contributed by atoms with Crippen molar-refractivity contribution < 1.29 is 17.9 Å². The molecule has 23 heavy (non-hydrogen) atoms. The van der Waals surface area contributed by atoms with Gasteiger partial charge in [0.2, 0.25) is 0 Å². The highest BCUT2D eigenvalue weighted by Crippen LogP contribution is 2.17. The molecular formula is C18H18O4S. The van der Waals surface area contributed by atoms with Crippen LogP contribution in [0.25, 0.3) is 6.08 Å². The highest BCUT2D eigenvalue weighted by atomic mass is 32.2. The molecule has 0 aliphatic heterocycles. The minimum Gasteiger partial charge on any atom is -0.463 e. The number of rotatable bonds is 6. The van der Waals surface area contributed by atoms with E-state index < -0.39 is 21.6 Å². The normalized spacial score (nSPS) is 12.0. The number of sulfone groups is 1. The molecule has 0 fully saturated rings. The third-order valence-electron chi connectivity index (χ3n) is 3.13. The second-order valence-electron chi connectivity index (χ2n) is 4.87. The average molecular weight is 330 g/mol.